The summed E-state index contributed by atoms with van der Waals surface area (Å²) in [7, 11) is 0. The summed E-state index contributed by atoms with van der Waals surface area (Å²) >= 11 is 9.64. The third-order valence-electron chi connectivity index (χ3n) is 1.95. The van der Waals surface area contributed by atoms with E-state index in [2.05, 4.69) is 34.1 Å². The first-order valence-corrected chi connectivity index (χ1v) is 5.58. The van der Waals surface area contributed by atoms with Crippen LogP contribution >= 0.6 is 27.5 Å². The van der Waals surface area contributed by atoms with Crippen LogP contribution in [0.1, 0.15) is 25.8 Å². The molecular weight excluding hydrogens is 247 g/mol. The van der Waals surface area contributed by atoms with Crippen molar-refractivity contribution in [2.45, 2.75) is 31.6 Å². The molecule has 0 amide bonds. The first-order valence-electron chi connectivity index (χ1n) is 4.41. The molecule has 0 radical (unpaired) electrons. The van der Waals surface area contributed by atoms with E-state index in [0.29, 0.717) is 0 Å². The van der Waals surface area contributed by atoms with Crippen LogP contribution in [0.3, 0.4) is 0 Å². The highest BCUT2D eigenvalue weighted by atomic mass is 79.9. The van der Waals surface area contributed by atoms with E-state index in [-0.39, 0.29) is 4.87 Å². The van der Waals surface area contributed by atoms with Crippen LogP contribution in [0.5, 0.6) is 0 Å². The molecule has 0 fully saturated rings. The molecule has 0 aliphatic carbocycles. The van der Waals surface area contributed by atoms with Gasteiger partial charge in [-0.2, -0.15) is 0 Å². The molecular formula is C11H14BrCl. The second-order valence-corrected chi connectivity index (χ2v) is 5.69. The Morgan fingerprint density at radius 2 is 1.92 bits per heavy atom. The van der Waals surface area contributed by atoms with E-state index in [9.17, 15) is 0 Å². The number of hydrogen-bond acceptors (Lipinski definition) is 0. The minimum Gasteiger partial charge on any atom is -0.120 e. The Morgan fingerprint density at radius 3 is 2.46 bits per heavy atom. The first kappa shape index (κ1) is 11.1. The summed E-state index contributed by atoms with van der Waals surface area (Å²) < 4.78 is 1.18. The number of rotatable bonds is 3. The van der Waals surface area contributed by atoms with Gasteiger partial charge in [0.15, 0.2) is 0 Å². The molecule has 0 bridgehead atoms. The van der Waals surface area contributed by atoms with Crippen molar-refractivity contribution in [3.05, 3.63) is 34.3 Å². The molecule has 0 heterocycles. The van der Waals surface area contributed by atoms with Crippen LogP contribution in [0.15, 0.2) is 28.7 Å². The number of aryl methyl sites for hydroxylation is 1. The zero-order chi connectivity index (χ0) is 9.90. The van der Waals surface area contributed by atoms with Gasteiger partial charge in [0.2, 0.25) is 0 Å². The summed E-state index contributed by atoms with van der Waals surface area (Å²) in [4.78, 5) is -0.102. The Hall–Kier alpha value is -0.0100. The smallest absolute Gasteiger partial charge is 0.0393 e. The molecule has 0 aromatic heterocycles. The van der Waals surface area contributed by atoms with Gasteiger partial charge < -0.3 is 0 Å². The van der Waals surface area contributed by atoms with Crippen molar-refractivity contribution in [1.29, 1.82) is 0 Å². The topological polar surface area (TPSA) is 0 Å². The maximum atomic E-state index is 6.12. The second-order valence-electron chi connectivity index (χ2n) is 3.81. The molecule has 0 spiro atoms. The maximum Gasteiger partial charge on any atom is 0.0393 e. The third-order valence-corrected chi connectivity index (χ3v) is 2.91. The third kappa shape index (κ3) is 4.15. The van der Waals surface area contributed by atoms with Crippen molar-refractivity contribution in [3.8, 4) is 0 Å². The fourth-order valence-corrected chi connectivity index (χ4v) is 1.71. The van der Waals surface area contributed by atoms with E-state index < -0.39 is 0 Å². The Labute approximate surface area is 93.4 Å². The lowest BCUT2D eigenvalue weighted by atomic mass is 10.0. The molecule has 0 aliphatic heterocycles. The fraction of sp³-hybridized carbons (Fsp3) is 0.455. The molecule has 1 aromatic rings. The largest absolute Gasteiger partial charge is 0.120 e. The van der Waals surface area contributed by atoms with Crippen molar-refractivity contribution < 1.29 is 0 Å². The lowest BCUT2D eigenvalue weighted by Crippen LogP contribution is -2.11. The summed E-state index contributed by atoms with van der Waals surface area (Å²) in [5.41, 5.74) is 1.33. The maximum absolute atomic E-state index is 6.12. The van der Waals surface area contributed by atoms with Crippen LogP contribution in [0.25, 0.3) is 0 Å². The number of hydrogen-bond donors (Lipinski definition) is 0. The summed E-state index contributed by atoms with van der Waals surface area (Å²) in [6.45, 7) is 4.09. The highest BCUT2D eigenvalue weighted by Crippen LogP contribution is 2.24. The lowest BCUT2D eigenvalue weighted by molar-refractivity contribution is 0.626. The van der Waals surface area contributed by atoms with Crippen LogP contribution < -0.4 is 0 Å². The molecule has 72 valence electrons. The quantitative estimate of drug-likeness (QED) is 0.708. The molecule has 13 heavy (non-hydrogen) atoms. The van der Waals surface area contributed by atoms with E-state index in [4.69, 9.17) is 11.6 Å². The van der Waals surface area contributed by atoms with Crippen molar-refractivity contribution in [3.63, 3.8) is 0 Å². The number of benzene rings is 1. The van der Waals surface area contributed by atoms with E-state index in [1.807, 2.05) is 19.9 Å². The van der Waals surface area contributed by atoms with Crippen LogP contribution in [0.2, 0.25) is 0 Å². The van der Waals surface area contributed by atoms with E-state index in [1.54, 1.807) is 0 Å². The zero-order valence-corrected chi connectivity index (χ0v) is 10.3. The van der Waals surface area contributed by atoms with Gasteiger partial charge in [0.25, 0.3) is 0 Å². The number of halogens is 2. The average molecular weight is 262 g/mol. The van der Waals surface area contributed by atoms with E-state index in [0.717, 1.165) is 12.8 Å². The van der Waals surface area contributed by atoms with Gasteiger partial charge in [-0.25, -0.2) is 0 Å². The molecule has 0 atom stereocenters. The van der Waals surface area contributed by atoms with Gasteiger partial charge >= 0.3 is 0 Å². The summed E-state index contributed by atoms with van der Waals surface area (Å²) in [6, 6.07) is 8.28. The minimum absolute atomic E-state index is 0.102. The molecule has 0 saturated carbocycles. The van der Waals surface area contributed by atoms with Crippen molar-refractivity contribution in [1.82, 2.24) is 0 Å². The molecule has 0 N–H and O–H groups in total. The van der Waals surface area contributed by atoms with Crippen molar-refractivity contribution in [2.24, 2.45) is 0 Å². The van der Waals surface area contributed by atoms with Crippen LogP contribution in [0, 0.1) is 0 Å². The highest BCUT2D eigenvalue weighted by molar-refractivity contribution is 9.10. The van der Waals surface area contributed by atoms with Gasteiger partial charge in [-0.05, 0) is 38.3 Å². The number of alkyl halides is 1. The Kier molecular flexibility index (Phi) is 3.81. The second kappa shape index (κ2) is 4.47. The van der Waals surface area contributed by atoms with Crippen molar-refractivity contribution >= 4 is 27.5 Å². The van der Waals surface area contributed by atoms with E-state index in [1.165, 1.54) is 10.0 Å². The standard InChI is InChI=1S/C11H14BrCl/c1-11(2,13)8-7-9-5-3-4-6-10(9)12/h3-6H,7-8H2,1-2H3. The zero-order valence-electron chi connectivity index (χ0n) is 7.98. The van der Waals surface area contributed by atoms with Gasteiger partial charge in [-0.1, -0.05) is 34.1 Å². The Morgan fingerprint density at radius 1 is 1.31 bits per heavy atom. The lowest BCUT2D eigenvalue weighted by Gasteiger charge is -2.15. The van der Waals surface area contributed by atoms with Gasteiger partial charge in [0.1, 0.15) is 0 Å². The molecule has 0 nitrogen and oxygen atoms in total. The van der Waals surface area contributed by atoms with Crippen molar-refractivity contribution in [2.75, 3.05) is 0 Å². The van der Waals surface area contributed by atoms with Crippen LogP contribution in [-0.2, 0) is 6.42 Å². The highest BCUT2D eigenvalue weighted by Gasteiger charge is 2.13. The first-order chi connectivity index (χ1) is 5.99. The summed E-state index contributed by atoms with van der Waals surface area (Å²) in [5, 5.41) is 0. The Balaban J connectivity index is 2.60. The normalized spacial score (nSPS) is 11.7. The van der Waals surface area contributed by atoms with Crippen LogP contribution in [0.4, 0.5) is 0 Å². The Bertz CT molecular complexity index is 276. The molecule has 0 unspecified atom stereocenters. The molecule has 1 rings (SSSR count). The molecule has 0 saturated heterocycles. The molecule has 0 aliphatic rings. The monoisotopic (exact) mass is 260 g/mol. The van der Waals surface area contributed by atoms with Gasteiger partial charge in [-0.15, -0.1) is 11.6 Å². The molecule has 2 heteroatoms. The van der Waals surface area contributed by atoms with Gasteiger partial charge in [-0.3, -0.25) is 0 Å². The van der Waals surface area contributed by atoms with Crippen LogP contribution in [-0.4, -0.2) is 4.87 Å². The summed E-state index contributed by atoms with van der Waals surface area (Å²) in [5.74, 6) is 0. The minimum atomic E-state index is -0.102. The SMILES string of the molecule is CC(C)(Cl)CCc1ccccc1Br. The predicted molar refractivity (Wildman–Crippen MR) is 62.4 cm³/mol. The summed E-state index contributed by atoms with van der Waals surface area (Å²) in [6.07, 6.45) is 2.02. The predicted octanol–water partition coefficient (Wildman–Crippen LogP) is 4.40. The van der Waals surface area contributed by atoms with E-state index >= 15 is 0 Å². The van der Waals surface area contributed by atoms with Gasteiger partial charge in [0, 0.05) is 9.35 Å². The average Bonchev–Trinajstić information content (AvgIpc) is 2.01. The fourth-order valence-electron chi connectivity index (χ4n) is 1.13. The van der Waals surface area contributed by atoms with Gasteiger partial charge in [0.05, 0.1) is 0 Å². The molecule has 1 aromatic carbocycles.